The minimum absolute atomic E-state index is 0.0427. The SMILES string of the molecule is OCC1COCCN1c1nc(Br)cn2ccnc12. The average molecular weight is 313 g/mol. The highest BCUT2D eigenvalue weighted by atomic mass is 79.9. The summed E-state index contributed by atoms with van der Waals surface area (Å²) in [5, 5.41) is 9.43. The highest BCUT2D eigenvalue weighted by Crippen LogP contribution is 2.24. The lowest BCUT2D eigenvalue weighted by molar-refractivity contribution is 0.0724. The first kappa shape index (κ1) is 11.9. The zero-order valence-corrected chi connectivity index (χ0v) is 11.2. The van der Waals surface area contributed by atoms with E-state index >= 15 is 0 Å². The summed E-state index contributed by atoms with van der Waals surface area (Å²) in [6, 6.07) is -0.0685. The molecule has 1 fully saturated rings. The van der Waals surface area contributed by atoms with Crippen LogP contribution in [-0.2, 0) is 4.74 Å². The number of aliphatic hydroxyl groups excluding tert-OH is 1. The molecule has 1 aliphatic rings. The van der Waals surface area contributed by atoms with Crippen molar-refractivity contribution in [3.8, 4) is 0 Å². The van der Waals surface area contributed by atoms with Gasteiger partial charge in [0, 0.05) is 25.1 Å². The van der Waals surface area contributed by atoms with Crippen molar-refractivity contribution < 1.29 is 9.84 Å². The van der Waals surface area contributed by atoms with E-state index in [1.165, 1.54) is 0 Å². The van der Waals surface area contributed by atoms with Crippen molar-refractivity contribution >= 4 is 27.4 Å². The molecule has 1 saturated heterocycles. The lowest BCUT2D eigenvalue weighted by atomic mass is 10.2. The second kappa shape index (κ2) is 4.83. The second-order valence-electron chi connectivity index (χ2n) is 4.15. The van der Waals surface area contributed by atoms with E-state index in [0.29, 0.717) is 19.8 Å². The smallest absolute Gasteiger partial charge is 0.180 e. The molecule has 2 aromatic rings. The topological polar surface area (TPSA) is 62.9 Å². The van der Waals surface area contributed by atoms with Crippen LogP contribution in [0.15, 0.2) is 23.2 Å². The Kier molecular flexibility index (Phi) is 3.19. The molecule has 1 N–H and O–H groups in total. The van der Waals surface area contributed by atoms with Gasteiger partial charge in [0.2, 0.25) is 0 Å². The van der Waals surface area contributed by atoms with Gasteiger partial charge >= 0.3 is 0 Å². The largest absolute Gasteiger partial charge is 0.394 e. The van der Waals surface area contributed by atoms with E-state index in [4.69, 9.17) is 4.74 Å². The highest BCUT2D eigenvalue weighted by Gasteiger charge is 2.26. The number of aromatic nitrogens is 3. The summed E-state index contributed by atoms with van der Waals surface area (Å²) < 4.78 is 8.03. The molecule has 3 heterocycles. The first-order valence-electron chi connectivity index (χ1n) is 5.74. The van der Waals surface area contributed by atoms with Gasteiger partial charge in [-0.2, -0.15) is 0 Å². The average Bonchev–Trinajstić information content (AvgIpc) is 2.85. The van der Waals surface area contributed by atoms with Crippen LogP contribution in [0, 0.1) is 0 Å². The predicted molar refractivity (Wildman–Crippen MR) is 69.7 cm³/mol. The number of anilines is 1. The van der Waals surface area contributed by atoms with Gasteiger partial charge in [-0.15, -0.1) is 0 Å². The van der Waals surface area contributed by atoms with E-state index in [2.05, 4.69) is 30.8 Å². The van der Waals surface area contributed by atoms with Gasteiger partial charge in [0.15, 0.2) is 11.5 Å². The van der Waals surface area contributed by atoms with Gasteiger partial charge in [0.05, 0.1) is 25.9 Å². The maximum atomic E-state index is 9.43. The fourth-order valence-corrected chi connectivity index (χ4v) is 2.55. The van der Waals surface area contributed by atoms with E-state index in [-0.39, 0.29) is 12.6 Å². The Hall–Kier alpha value is -1.18. The highest BCUT2D eigenvalue weighted by molar-refractivity contribution is 9.10. The predicted octanol–water partition coefficient (Wildman–Crippen LogP) is 0.689. The van der Waals surface area contributed by atoms with E-state index in [0.717, 1.165) is 16.1 Å². The monoisotopic (exact) mass is 312 g/mol. The molecule has 2 aromatic heterocycles. The molecule has 1 aliphatic heterocycles. The van der Waals surface area contributed by atoms with E-state index in [9.17, 15) is 5.11 Å². The van der Waals surface area contributed by atoms with Crippen LogP contribution in [0.4, 0.5) is 5.82 Å². The van der Waals surface area contributed by atoms with E-state index in [1.54, 1.807) is 6.20 Å². The summed E-state index contributed by atoms with van der Waals surface area (Å²) in [6.07, 6.45) is 5.47. The molecule has 0 amide bonds. The Labute approximate surface area is 112 Å². The van der Waals surface area contributed by atoms with Crippen LogP contribution in [0.2, 0.25) is 0 Å². The zero-order valence-electron chi connectivity index (χ0n) is 9.66. The van der Waals surface area contributed by atoms with Gasteiger partial charge in [-0.3, -0.25) is 0 Å². The number of hydrogen-bond donors (Lipinski definition) is 1. The number of ether oxygens (including phenoxy) is 1. The quantitative estimate of drug-likeness (QED) is 0.884. The standard InChI is InChI=1S/C11H13BrN4O2/c12-9-5-15-2-1-13-10(15)11(14-9)16-3-4-18-7-8(16)6-17/h1-2,5,8,17H,3-4,6-7H2. The Morgan fingerprint density at radius 1 is 1.56 bits per heavy atom. The molecule has 0 radical (unpaired) electrons. The molecule has 3 rings (SSSR count). The lowest BCUT2D eigenvalue weighted by Gasteiger charge is -2.35. The molecule has 1 atom stereocenters. The number of morpholine rings is 1. The molecule has 0 aromatic carbocycles. The third kappa shape index (κ3) is 1.98. The molecule has 1 unspecified atom stereocenters. The normalized spacial score (nSPS) is 20.6. The first-order chi connectivity index (χ1) is 8.79. The second-order valence-corrected chi connectivity index (χ2v) is 4.96. The summed E-state index contributed by atoms with van der Waals surface area (Å²) in [7, 11) is 0. The van der Waals surface area contributed by atoms with Gasteiger partial charge in [-0.05, 0) is 15.9 Å². The van der Waals surface area contributed by atoms with Gasteiger partial charge < -0.3 is 19.1 Å². The number of aliphatic hydroxyl groups is 1. The fraction of sp³-hybridized carbons (Fsp3) is 0.455. The summed E-state index contributed by atoms with van der Waals surface area (Å²) in [5.74, 6) is 0.775. The van der Waals surface area contributed by atoms with Crippen molar-refractivity contribution in [2.24, 2.45) is 0 Å². The zero-order chi connectivity index (χ0) is 12.5. The maximum Gasteiger partial charge on any atom is 0.180 e. The van der Waals surface area contributed by atoms with Crippen molar-refractivity contribution in [2.75, 3.05) is 31.3 Å². The van der Waals surface area contributed by atoms with Crippen LogP contribution in [0.5, 0.6) is 0 Å². The third-order valence-corrected chi connectivity index (χ3v) is 3.42. The number of halogens is 1. The molecular weight excluding hydrogens is 300 g/mol. The summed E-state index contributed by atoms with van der Waals surface area (Å²) in [6.45, 7) is 1.90. The number of nitrogens with zero attached hydrogens (tertiary/aromatic N) is 4. The van der Waals surface area contributed by atoms with Gasteiger partial charge in [-0.1, -0.05) is 0 Å². The van der Waals surface area contributed by atoms with Crippen molar-refractivity contribution in [2.45, 2.75) is 6.04 Å². The fourth-order valence-electron chi connectivity index (χ4n) is 2.16. The minimum atomic E-state index is -0.0685. The van der Waals surface area contributed by atoms with E-state index in [1.807, 2.05) is 16.8 Å². The van der Waals surface area contributed by atoms with Gasteiger partial charge in [0.25, 0.3) is 0 Å². The molecule has 96 valence electrons. The van der Waals surface area contributed by atoms with E-state index < -0.39 is 0 Å². The summed E-state index contributed by atoms with van der Waals surface area (Å²) >= 11 is 3.40. The van der Waals surface area contributed by atoms with Crippen LogP contribution in [-0.4, -0.2) is 51.9 Å². The number of rotatable bonds is 2. The van der Waals surface area contributed by atoms with Gasteiger partial charge in [0.1, 0.15) is 4.60 Å². The molecule has 7 heteroatoms. The summed E-state index contributed by atoms with van der Waals surface area (Å²) in [5.41, 5.74) is 0.790. The Morgan fingerprint density at radius 3 is 3.28 bits per heavy atom. The number of hydrogen-bond acceptors (Lipinski definition) is 5. The molecule has 0 saturated carbocycles. The van der Waals surface area contributed by atoms with Crippen molar-refractivity contribution in [3.63, 3.8) is 0 Å². The van der Waals surface area contributed by atoms with Gasteiger partial charge in [-0.25, -0.2) is 9.97 Å². The third-order valence-electron chi connectivity index (χ3n) is 3.04. The molecular formula is C11H13BrN4O2. The first-order valence-corrected chi connectivity index (χ1v) is 6.53. The summed E-state index contributed by atoms with van der Waals surface area (Å²) in [4.78, 5) is 10.9. The maximum absolute atomic E-state index is 9.43. The Balaban J connectivity index is 2.08. The lowest BCUT2D eigenvalue weighted by Crippen LogP contribution is -2.48. The van der Waals surface area contributed by atoms with Crippen molar-refractivity contribution in [1.82, 2.24) is 14.4 Å². The van der Waals surface area contributed by atoms with Crippen molar-refractivity contribution in [3.05, 3.63) is 23.2 Å². The minimum Gasteiger partial charge on any atom is -0.394 e. The molecule has 0 bridgehead atoms. The van der Waals surface area contributed by atoms with Crippen molar-refractivity contribution in [1.29, 1.82) is 0 Å². The molecule has 6 nitrogen and oxygen atoms in total. The van der Waals surface area contributed by atoms with Crippen LogP contribution in [0.1, 0.15) is 0 Å². The Morgan fingerprint density at radius 2 is 2.44 bits per heavy atom. The van der Waals surface area contributed by atoms with Crippen LogP contribution >= 0.6 is 15.9 Å². The van der Waals surface area contributed by atoms with Crippen LogP contribution < -0.4 is 4.90 Å². The molecule has 0 spiro atoms. The molecule has 18 heavy (non-hydrogen) atoms. The van der Waals surface area contributed by atoms with Crippen LogP contribution in [0.25, 0.3) is 5.65 Å². The number of fused-ring (bicyclic) bond motifs is 1. The van der Waals surface area contributed by atoms with Crippen LogP contribution in [0.3, 0.4) is 0 Å². The Bertz CT molecular complexity index is 559. The molecule has 0 aliphatic carbocycles. The number of imidazole rings is 1.